The fourth-order valence-corrected chi connectivity index (χ4v) is 3.20. The first-order valence-electron chi connectivity index (χ1n) is 8.61. The maximum Gasteiger partial charge on any atom is 0.108 e. The SMILES string of the molecule is CCCCN(CCCC)C1CCC(C#N)(NCCC)C1. The maximum absolute atomic E-state index is 9.56. The van der Waals surface area contributed by atoms with Gasteiger partial charge >= 0.3 is 0 Å². The molecule has 1 aliphatic rings. The molecule has 2 atom stereocenters. The zero-order valence-electron chi connectivity index (χ0n) is 13.7. The molecule has 1 saturated carbocycles. The van der Waals surface area contributed by atoms with Crippen molar-refractivity contribution in [2.24, 2.45) is 0 Å². The molecular weight excluding hydrogens is 246 g/mol. The van der Waals surface area contributed by atoms with Crippen LogP contribution >= 0.6 is 0 Å². The van der Waals surface area contributed by atoms with E-state index in [1.165, 1.54) is 45.2 Å². The van der Waals surface area contributed by atoms with Crippen LogP contribution < -0.4 is 5.32 Å². The minimum atomic E-state index is -0.253. The van der Waals surface area contributed by atoms with Crippen LogP contribution in [-0.4, -0.2) is 36.1 Å². The molecule has 1 aliphatic carbocycles. The van der Waals surface area contributed by atoms with Gasteiger partial charge in [0.1, 0.15) is 5.54 Å². The molecule has 0 aromatic rings. The van der Waals surface area contributed by atoms with Gasteiger partial charge in [0.2, 0.25) is 0 Å². The van der Waals surface area contributed by atoms with E-state index in [2.05, 4.69) is 37.1 Å². The minimum Gasteiger partial charge on any atom is -0.300 e. The lowest BCUT2D eigenvalue weighted by molar-refractivity contribution is 0.186. The van der Waals surface area contributed by atoms with E-state index in [1.807, 2.05) is 0 Å². The second-order valence-corrected chi connectivity index (χ2v) is 6.26. The Kier molecular flexibility index (Phi) is 8.18. The van der Waals surface area contributed by atoms with Crippen LogP contribution in [0.3, 0.4) is 0 Å². The minimum absolute atomic E-state index is 0.253. The number of hydrogen-bond acceptors (Lipinski definition) is 3. The summed E-state index contributed by atoms with van der Waals surface area (Å²) in [7, 11) is 0. The van der Waals surface area contributed by atoms with E-state index >= 15 is 0 Å². The van der Waals surface area contributed by atoms with Crippen LogP contribution in [0.5, 0.6) is 0 Å². The van der Waals surface area contributed by atoms with E-state index in [-0.39, 0.29) is 5.54 Å². The smallest absolute Gasteiger partial charge is 0.108 e. The second-order valence-electron chi connectivity index (χ2n) is 6.26. The molecule has 0 bridgehead atoms. The molecule has 0 amide bonds. The molecule has 1 rings (SSSR count). The molecule has 1 N–H and O–H groups in total. The number of nitriles is 1. The Morgan fingerprint density at radius 2 is 1.80 bits per heavy atom. The zero-order chi connectivity index (χ0) is 14.8. The summed E-state index contributed by atoms with van der Waals surface area (Å²) < 4.78 is 0. The Bertz CT molecular complexity index is 289. The van der Waals surface area contributed by atoms with E-state index in [9.17, 15) is 5.26 Å². The molecule has 3 heteroatoms. The van der Waals surface area contributed by atoms with E-state index in [0.29, 0.717) is 6.04 Å². The standard InChI is InChI=1S/C17H33N3/c1-4-7-12-20(13-8-5-2)16-9-10-17(14-16,15-18)19-11-6-3/h16,19H,4-14H2,1-3H3. The van der Waals surface area contributed by atoms with Crippen LogP contribution in [0.15, 0.2) is 0 Å². The normalized spacial score (nSPS) is 26.1. The Morgan fingerprint density at radius 3 is 2.30 bits per heavy atom. The lowest BCUT2D eigenvalue weighted by atomic mass is 9.99. The van der Waals surface area contributed by atoms with Crippen molar-refractivity contribution in [3.8, 4) is 6.07 Å². The van der Waals surface area contributed by atoms with Gasteiger partial charge in [-0.2, -0.15) is 5.26 Å². The average molecular weight is 279 g/mol. The summed E-state index contributed by atoms with van der Waals surface area (Å²) in [6.07, 6.45) is 9.38. The van der Waals surface area contributed by atoms with E-state index in [0.717, 1.165) is 25.8 Å². The Labute approximate surface area is 125 Å². The zero-order valence-corrected chi connectivity index (χ0v) is 13.7. The third-order valence-electron chi connectivity index (χ3n) is 4.53. The summed E-state index contributed by atoms with van der Waals surface area (Å²) in [5, 5.41) is 13.1. The Balaban J connectivity index is 2.57. The van der Waals surface area contributed by atoms with Crippen LogP contribution in [0.1, 0.15) is 72.1 Å². The number of nitrogens with one attached hydrogen (secondary N) is 1. The summed E-state index contributed by atoms with van der Waals surface area (Å²) in [4.78, 5) is 2.65. The van der Waals surface area contributed by atoms with Crippen molar-refractivity contribution in [2.75, 3.05) is 19.6 Å². The van der Waals surface area contributed by atoms with Crippen LogP contribution in [0.25, 0.3) is 0 Å². The Morgan fingerprint density at radius 1 is 1.15 bits per heavy atom. The van der Waals surface area contributed by atoms with E-state index in [4.69, 9.17) is 0 Å². The highest BCUT2D eigenvalue weighted by Gasteiger charge is 2.40. The summed E-state index contributed by atoms with van der Waals surface area (Å²) in [6, 6.07) is 3.18. The molecule has 116 valence electrons. The Hall–Kier alpha value is -0.590. The fraction of sp³-hybridized carbons (Fsp3) is 0.941. The lowest BCUT2D eigenvalue weighted by Gasteiger charge is -2.30. The van der Waals surface area contributed by atoms with Gasteiger partial charge in [-0.15, -0.1) is 0 Å². The number of rotatable bonds is 10. The average Bonchev–Trinajstić information content (AvgIpc) is 2.90. The molecule has 0 aromatic heterocycles. The molecule has 0 aromatic carbocycles. The summed E-state index contributed by atoms with van der Waals surface area (Å²) >= 11 is 0. The van der Waals surface area contributed by atoms with Gasteiger partial charge in [-0.1, -0.05) is 33.6 Å². The number of nitrogens with zero attached hydrogens (tertiary/aromatic N) is 2. The quantitative estimate of drug-likeness (QED) is 0.662. The number of hydrogen-bond donors (Lipinski definition) is 1. The van der Waals surface area contributed by atoms with Gasteiger partial charge in [-0.25, -0.2) is 0 Å². The molecule has 3 nitrogen and oxygen atoms in total. The van der Waals surface area contributed by atoms with Crippen LogP contribution in [0, 0.1) is 11.3 Å². The summed E-state index contributed by atoms with van der Waals surface area (Å²) in [5.41, 5.74) is -0.253. The first-order chi connectivity index (χ1) is 9.71. The molecule has 20 heavy (non-hydrogen) atoms. The van der Waals surface area contributed by atoms with E-state index < -0.39 is 0 Å². The van der Waals surface area contributed by atoms with Gasteiger partial charge in [-0.05, 0) is 58.2 Å². The lowest BCUT2D eigenvalue weighted by Crippen LogP contribution is -2.44. The van der Waals surface area contributed by atoms with Gasteiger partial charge in [0, 0.05) is 6.04 Å². The highest BCUT2D eigenvalue weighted by Crippen LogP contribution is 2.33. The van der Waals surface area contributed by atoms with E-state index in [1.54, 1.807) is 0 Å². The summed E-state index contributed by atoms with van der Waals surface area (Å²) in [5.74, 6) is 0. The predicted octanol–water partition coefficient (Wildman–Crippen LogP) is 3.70. The molecule has 0 heterocycles. The van der Waals surface area contributed by atoms with Crippen molar-refractivity contribution >= 4 is 0 Å². The first-order valence-corrected chi connectivity index (χ1v) is 8.61. The van der Waals surface area contributed by atoms with Gasteiger partial charge in [-0.3, -0.25) is 5.32 Å². The molecule has 0 saturated heterocycles. The van der Waals surface area contributed by atoms with Crippen LogP contribution in [-0.2, 0) is 0 Å². The second kappa shape index (κ2) is 9.37. The van der Waals surface area contributed by atoms with Gasteiger partial charge in [0.25, 0.3) is 0 Å². The van der Waals surface area contributed by atoms with Crippen LogP contribution in [0.2, 0.25) is 0 Å². The van der Waals surface area contributed by atoms with Crippen molar-refractivity contribution in [3.63, 3.8) is 0 Å². The predicted molar refractivity (Wildman–Crippen MR) is 85.7 cm³/mol. The largest absolute Gasteiger partial charge is 0.300 e. The molecule has 0 radical (unpaired) electrons. The summed E-state index contributed by atoms with van der Waals surface area (Å²) in [6.45, 7) is 10.1. The van der Waals surface area contributed by atoms with Crippen molar-refractivity contribution < 1.29 is 0 Å². The molecule has 0 spiro atoms. The maximum atomic E-state index is 9.56. The highest BCUT2D eigenvalue weighted by molar-refractivity contribution is 5.13. The molecule has 1 fully saturated rings. The first kappa shape index (κ1) is 17.5. The molecular formula is C17H33N3. The van der Waals surface area contributed by atoms with Crippen molar-refractivity contribution in [1.29, 1.82) is 5.26 Å². The fourth-order valence-electron chi connectivity index (χ4n) is 3.20. The number of unbranched alkanes of at least 4 members (excludes halogenated alkanes) is 2. The van der Waals surface area contributed by atoms with Crippen molar-refractivity contribution in [1.82, 2.24) is 10.2 Å². The van der Waals surface area contributed by atoms with Gasteiger partial charge < -0.3 is 4.90 Å². The topological polar surface area (TPSA) is 39.1 Å². The highest BCUT2D eigenvalue weighted by atomic mass is 15.2. The van der Waals surface area contributed by atoms with Crippen molar-refractivity contribution in [2.45, 2.75) is 83.7 Å². The third-order valence-corrected chi connectivity index (χ3v) is 4.53. The molecule has 2 unspecified atom stereocenters. The monoisotopic (exact) mass is 279 g/mol. The molecule has 0 aliphatic heterocycles. The van der Waals surface area contributed by atoms with Crippen molar-refractivity contribution in [3.05, 3.63) is 0 Å². The van der Waals surface area contributed by atoms with Gasteiger partial charge in [0.05, 0.1) is 6.07 Å². The van der Waals surface area contributed by atoms with Gasteiger partial charge in [0.15, 0.2) is 0 Å². The third kappa shape index (κ3) is 5.07. The van der Waals surface area contributed by atoms with Crippen LogP contribution in [0.4, 0.5) is 0 Å².